The van der Waals surface area contributed by atoms with Crippen molar-refractivity contribution in [2.75, 3.05) is 4.90 Å². The maximum Gasteiger partial charge on any atom is 0.301 e. The van der Waals surface area contributed by atoms with Crippen LogP contribution in [0.25, 0.3) is 5.76 Å². The molecule has 0 aliphatic carbocycles. The first-order valence-electron chi connectivity index (χ1n) is 9.60. The van der Waals surface area contributed by atoms with E-state index in [0.717, 1.165) is 0 Å². The predicted octanol–water partition coefficient (Wildman–Crippen LogP) is 4.70. The van der Waals surface area contributed by atoms with Crippen molar-refractivity contribution in [2.45, 2.75) is 26.0 Å². The lowest BCUT2D eigenvalue weighted by Crippen LogP contribution is -2.29. The highest BCUT2D eigenvalue weighted by molar-refractivity contribution is 7.14. The summed E-state index contributed by atoms with van der Waals surface area (Å²) in [6.45, 7) is 3.80. The minimum atomic E-state index is -0.932. The maximum atomic E-state index is 13.5. The van der Waals surface area contributed by atoms with Gasteiger partial charge in [0.15, 0.2) is 5.13 Å². The van der Waals surface area contributed by atoms with Gasteiger partial charge in [-0.1, -0.05) is 12.1 Å². The van der Waals surface area contributed by atoms with Crippen LogP contribution >= 0.6 is 11.3 Å². The van der Waals surface area contributed by atoms with Crippen molar-refractivity contribution in [1.29, 1.82) is 0 Å². The Kier molecular flexibility index (Phi) is 5.56. The smallest absolute Gasteiger partial charge is 0.301 e. The molecule has 2 heterocycles. The van der Waals surface area contributed by atoms with Crippen LogP contribution in [0.2, 0.25) is 0 Å². The van der Waals surface area contributed by atoms with Crippen LogP contribution in [-0.4, -0.2) is 27.9 Å². The Bertz CT molecular complexity index is 1140. The monoisotopic (exact) mass is 438 g/mol. The molecule has 31 heavy (non-hydrogen) atoms. The average Bonchev–Trinajstić information content (AvgIpc) is 3.35. The molecule has 1 saturated heterocycles. The lowest BCUT2D eigenvalue weighted by atomic mass is 9.95. The summed E-state index contributed by atoms with van der Waals surface area (Å²) < 4.78 is 19.1. The van der Waals surface area contributed by atoms with Crippen LogP contribution in [0.3, 0.4) is 0 Å². The molecule has 1 N–H and O–H groups in total. The number of amides is 1. The molecule has 1 aromatic heterocycles. The van der Waals surface area contributed by atoms with E-state index in [1.54, 1.807) is 29.6 Å². The number of ketones is 1. The molecule has 0 spiro atoms. The van der Waals surface area contributed by atoms with Crippen LogP contribution in [0.1, 0.15) is 31.0 Å². The van der Waals surface area contributed by atoms with Gasteiger partial charge in [-0.3, -0.25) is 14.5 Å². The Morgan fingerprint density at radius 2 is 1.81 bits per heavy atom. The Labute approximate surface area is 182 Å². The zero-order valence-electron chi connectivity index (χ0n) is 16.8. The second kappa shape index (κ2) is 8.31. The highest BCUT2D eigenvalue weighted by atomic mass is 32.1. The van der Waals surface area contributed by atoms with Crippen LogP contribution in [0.5, 0.6) is 5.75 Å². The number of aliphatic hydroxyl groups excluding tert-OH is 1. The van der Waals surface area contributed by atoms with E-state index in [1.165, 1.54) is 46.7 Å². The quantitative estimate of drug-likeness (QED) is 0.355. The first-order chi connectivity index (χ1) is 14.9. The van der Waals surface area contributed by atoms with Gasteiger partial charge in [0, 0.05) is 17.1 Å². The minimum Gasteiger partial charge on any atom is -0.507 e. The Morgan fingerprint density at radius 3 is 2.39 bits per heavy atom. The summed E-state index contributed by atoms with van der Waals surface area (Å²) >= 11 is 1.19. The largest absolute Gasteiger partial charge is 0.507 e. The van der Waals surface area contributed by atoms with Gasteiger partial charge in [-0.25, -0.2) is 9.37 Å². The summed E-state index contributed by atoms with van der Waals surface area (Å²) in [6.07, 6.45) is 1.51. The molecular formula is C23H19FN2O4S. The number of aromatic nitrogens is 1. The average molecular weight is 438 g/mol. The zero-order chi connectivity index (χ0) is 22.1. The third-order valence-electron chi connectivity index (χ3n) is 4.76. The van der Waals surface area contributed by atoms with Crippen molar-refractivity contribution in [3.63, 3.8) is 0 Å². The van der Waals surface area contributed by atoms with Crippen molar-refractivity contribution in [1.82, 2.24) is 4.98 Å². The van der Waals surface area contributed by atoms with E-state index in [4.69, 9.17) is 4.74 Å². The number of thiazole rings is 1. The topological polar surface area (TPSA) is 79.7 Å². The summed E-state index contributed by atoms with van der Waals surface area (Å²) in [4.78, 5) is 31.2. The molecule has 1 unspecified atom stereocenters. The minimum absolute atomic E-state index is 0.0125. The van der Waals surface area contributed by atoms with E-state index < -0.39 is 23.5 Å². The highest BCUT2D eigenvalue weighted by Gasteiger charge is 2.47. The van der Waals surface area contributed by atoms with Gasteiger partial charge in [-0.2, -0.15) is 0 Å². The lowest BCUT2D eigenvalue weighted by Gasteiger charge is -2.23. The molecule has 6 nitrogen and oxygen atoms in total. The van der Waals surface area contributed by atoms with Crippen LogP contribution < -0.4 is 9.64 Å². The molecule has 0 bridgehead atoms. The number of benzene rings is 2. The lowest BCUT2D eigenvalue weighted by molar-refractivity contribution is -0.132. The molecule has 0 radical (unpaired) electrons. The molecule has 1 atom stereocenters. The van der Waals surface area contributed by atoms with Crippen molar-refractivity contribution in [3.05, 3.63) is 82.6 Å². The number of nitrogens with zero attached hydrogens (tertiary/aromatic N) is 2. The van der Waals surface area contributed by atoms with E-state index in [2.05, 4.69) is 4.98 Å². The van der Waals surface area contributed by atoms with Crippen LogP contribution in [0.15, 0.2) is 65.7 Å². The number of carbonyl (C=O) groups is 2. The van der Waals surface area contributed by atoms with Crippen LogP contribution in [0.4, 0.5) is 9.52 Å². The molecule has 8 heteroatoms. The molecule has 1 amide bonds. The van der Waals surface area contributed by atoms with Crippen LogP contribution in [-0.2, 0) is 9.59 Å². The van der Waals surface area contributed by atoms with Gasteiger partial charge in [0.1, 0.15) is 17.3 Å². The fourth-order valence-corrected chi connectivity index (χ4v) is 4.11. The van der Waals surface area contributed by atoms with E-state index in [-0.39, 0.29) is 17.4 Å². The van der Waals surface area contributed by atoms with Gasteiger partial charge < -0.3 is 9.84 Å². The number of Topliss-reactive ketones (excluding diaryl/α,β-unsaturated/α-hetero) is 1. The number of anilines is 1. The summed E-state index contributed by atoms with van der Waals surface area (Å²) in [5.41, 5.74) is 0.766. The fraction of sp³-hybridized carbons (Fsp3) is 0.174. The molecule has 0 saturated carbocycles. The first kappa shape index (κ1) is 20.7. The number of hydrogen-bond donors (Lipinski definition) is 1. The van der Waals surface area contributed by atoms with E-state index in [1.807, 2.05) is 13.8 Å². The normalized spacial score (nSPS) is 18.1. The highest BCUT2D eigenvalue weighted by Crippen LogP contribution is 2.42. The first-order valence-corrected chi connectivity index (χ1v) is 10.5. The number of halogens is 1. The molecule has 1 aliphatic rings. The van der Waals surface area contributed by atoms with Gasteiger partial charge in [-0.15, -0.1) is 11.3 Å². The van der Waals surface area contributed by atoms with E-state index in [9.17, 15) is 19.1 Å². The van der Waals surface area contributed by atoms with E-state index in [0.29, 0.717) is 22.0 Å². The number of ether oxygens (including phenoxy) is 1. The standard InChI is InChI=1S/C23H19FN2O4S/c1-13(2)30-17-9-5-15(6-10-17)20(27)18-19(14-3-7-16(24)8-4-14)26(22(29)21(18)28)23-25-11-12-31-23/h3-13,19,27H,1-2H3/b20-18+. The number of carbonyl (C=O) groups excluding carboxylic acids is 2. The summed E-state index contributed by atoms with van der Waals surface area (Å²) in [7, 11) is 0. The molecule has 158 valence electrons. The number of hydrogen-bond acceptors (Lipinski definition) is 6. The van der Waals surface area contributed by atoms with E-state index >= 15 is 0 Å². The number of aliphatic hydroxyl groups is 1. The van der Waals surface area contributed by atoms with Gasteiger partial charge in [0.2, 0.25) is 0 Å². The Balaban J connectivity index is 1.84. The van der Waals surface area contributed by atoms with Gasteiger partial charge in [0.05, 0.1) is 17.7 Å². The summed E-state index contributed by atoms with van der Waals surface area (Å²) in [5.74, 6) is -1.78. The predicted molar refractivity (Wildman–Crippen MR) is 116 cm³/mol. The SMILES string of the molecule is CC(C)Oc1ccc(/C(O)=C2\C(=O)C(=O)N(c3nccs3)C2c2ccc(F)cc2)cc1. The Morgan fingerprint density at radius 1 is 1.13 bits per heavy atom. The second-order valence-electron chi connectivity index (χ2n) is 7.23. The van der Waals surface area contributed by atoms with Crippen molar-refractivity contribution in [2.24, 2.45) is 0 Å². The van der Waals surface area contributed by atoms with Crippen molar-refractivity contribution < 1.29 is 23.8 Å². The zero-order valence-corrected chi connectivity index (χ0v) is 17.6. The molecule has 1 aliphatic heterocycles. The van der Waals surface area contributed by atoms with Crippen LogP contribution in [0, 0.1) is 5.82 Å². The second-order valence-corrected chi connectivity index (χ2v) is 8.10. The molecule has 1 fully saturated rings. The third-order valence-corrected chi connectivity index (χ3v) is 5.53. The summed E-state index contributed by atoms with van der Waals surface area (Å²) in [5, 5.41) is 13.0. The third kappa shape index (κ3) is 3.94. The van der Waals surface area contributed by atoms with Crippen molar-refractivity contribution in [3.8, 4) is 5.75 Å². The summed E-state index contributed by atoms with van der Waals surface area (Å²) in [6, 6.07) is 11.1. The molecule has 3 aromatic rings. The molecule has 2 aromatic carbocycles. The molecular weight excluding hydrogens is 419 g/mol. The number of rotatable bonds is 5. The fourth-order valence-electron chi connectivity index (χ4n) is 3.44. The van der Waals surface area contributed by atoms with Gasteiger partial charge >= 0.3 is 5.91 Å². The molecule has 4 rings (SSSR count). The maximum absolute atomic E-state index is 13.5. The van der Waals surface area contributed by atoms with Gasteiger partial charge in [-0.05, 0) is 55.8 Å². The van der Waals surface area contributed by atoms with Gasteiger partial charge in [0.25, 0.3) is 5.78 Å². The Hall–Kier alpha value is -3.52. The van der Waals surface area contributed by atoms with Crippen molar-refractivity contribution >= 4 is 33.9 Å².